The summed E-state index contributed by atoms with van der Waals surface area (Å²) in [5.74, 6) is 0.698. The predicted molar refractivity (Wildman–Crippen MR) is 98.9 cm³/mol. The van der Waals surface area contributed by atoms with Gasteiger partial charge in [0.1, 0.15) is 5.82 Å². The van der Waals surface area contributed by atoms with Crippen LogP contribution in [0, 0.1) is 6.92 Å². The zero-order valence-corrected chi connectivity index (χ0v) is 15.0. The highest BCUT2D eigenvalue weighted by atomic mass is 32.1. The minimum absolute atomic E-state index is 0.0803. The van der Waals surface area contributed by atoms with Crippen molar-refractivity contribution in [1.29, 1.82) is 0 Å². The molecule has 0 bridgehead atoms. The van der Waals surface area contributed by atoms with E-state index < -0.39 is 0 Å². The van der Waals surface area contributed by atoms with Gasteiger partial charge in [0.15, 0.2) is 0 Å². The molecule has 0 aliphatic heterocycles. The summed E-state index contributed by atoms with van der Waals surface area (Å²) in [4.78, 5) is 18.8. The summed E-state index contributed by atoms with van der Waals surface area (Å²) in [5, 5.41) is 10.6. The van der Waals surface area contributed by atoms with Crippen LogP contribution in [0.4, 0.5) is 5.13 Å². The highest BCUT2D eigenvalue weighted by Gasteiger charge is 2.11. The lowest BCUT2D eigenvalue weighted by atomic mass is 10.1. The predicted octanol–water partition coefficient (Wildman–Crippen LogP) is 2.49. The molecular weight excluding hydrogens is 336 g/mol. The van der Waals surface area contributed by atoms with E-state index in [-0.39, 0.29) is 5.91 Å². The Balaban J connectivity index is 1.53. The second-order valence-corrected chi connectivity index (χ2v) is 6.25. The molecule has 0 saturated heterocycles. The number of aromatic amines is 1. The highest BCUT2D eigenvalue weighted by Crippen LogP contribution is 2.18. The fourth-order valence-electron chi connectivity index (χ4n) is 2.43. The van der Waals surface area contributed by atoms with Crippen molar-refractivity contribution in [3.05, 3.63) is 48.0 Å². The molecule has 25 heavy (non-hydrogen) atoms. The van der Waals surface area contributed by atoms with E-state index in [0.29, 0.717) is 18.7 Å². The summed E-state index contributed by atoms with van der Waals surface area (Å²) in [7, 11) is 0. The maximum Gasteiger partial charge on any atom is 0.251 e. The molecule has 0 radical (unpaired) electrons. The van der Waals surface area contributed by atoms with Crippen LogP contribution >= 0.6 is 11.5 Å². The van der Waals surface area contributed by atoms with Gasteiger partial charge in [-0.25, -0.2) is 4.98 Å². The molecule has 7 nitrogen and oxygen atoms in total. The Hall–Kier alpha value is -2.74. The largest absolute Gasteiger partial charge is 0.350 e. The van der Waals surface area contributed by atoms with Crippen LogP contribution in [-0.4, -0.2) is 45.1 Å². The van der Waals surface area contributed by atoms with E-state index in [9.17, 15) is 4.79 Å². The first kappa shape index (κ1) is 17.1. The number of carbonyl (C=O) groups excluding carboxylic acids is 1. The Morgan fingerprint density at radius 1 is 1.28 bits per heavy atom. The first-order valence-corrected chi connectivity index (χ1v) is 8.87. The van der Waals surface area contributed by atoms with Crippen LogP contribution in [0.25, 0.3) is 11.1 Å². The van der Waals surface area contributed by atoms with Crippen LogP contribution in [0.1, 0.15) is 23.1 Å². The van der Waals surface area contributed by atoms with E-state index in [0.717, 1.165) is 28.6 Å². The van der Waals surface area contributed by atoms with Gasteiger partial charge in [-0.1, -0.05) is 12.1 Å². The van der Waals surface area contributed by atoms with Crippen molar-refractivity contribution in [3.63, 3.8) is 0 Å². The van der Waals surface area contributed by atoms with E-state index in [1.54, 1.807) is 6.20 Å². The molecule has 2 heterocycles. The maximum atomic E-state index is 12.3. The van der Waals surface area contributed by atoms with E-state index >= 15 is 0 Å². The molecule has 2 N–H and O–H groups in total. The van der Waals surface area contributed by atoms with Crippen LogP contribution < -0.4 is 10.2 Å². The summed E-state index contributed by atoms with van der Waals surface area (Å²) in [6.07, 6.45) is 3.58. The fraction of sp³-hybridized carbons (Fsp3) is 0.294. The Morgan fingerprint density at radius 2 is 2.08 bits per heavy atom. The standard InChI is InChI=1S/C17H20N6OS/c1-3-23(17-21-12(2)22-25-17)9-8-18-16(24)14-6-4-13(5-7-14)15-10-19-20-11-15/h4-7,10-11H,3,8-9H2,1-2H3,(H,18,24)(H,19,20). The van der Waals surface area contributed by atoms with E-state index in [2.05, 4.69) is 36.7 Å². The number of rotatable bonds is 7. The van der Waals surface area contributed by atoms with Gasteiger partial charge in [0.25, 0.3) is 5.91 Å². The third-order valence-corrected chi connectivity index (χ3v) is 4.68. The third kappa shape index (κ3) is 4.21. The van der Waals surface area contributed by atoms with Crippen molar-refractivity contribution in [2.45, 2.75) is 13.8 Å². The number of H-pyrrole nitrogens is 1. The molecule has 0 aliphatic rings. The maximum absolute atomic E-state index is 12.3. The molecule has 3 aromatic rings. The lowest BCUT2D eigenvalue weighted by Gasteiger charge is -2.19. The van der Waals surface area contributed by atoms with Crippen molar-refractivity contribution in [3.8, 4) is 11.1 Å². The molecule has 0 saturated carbocycles. The summed E-state index contributed by atoms with van der Waals surface area (Å²) >= 11 is 1.38. The monoisotopic (exact) mass is 356 g/mol. The van der Waals surface area contributed by atoms with Gasteiger partial charge in [0, 0.05) is 48.5 Å². The molecular formula is C17H20N6OS. The van der Waals surface area contributed by atoms with Gasteiger partial charge >= 0.3 is 0 Å². The number of nitrogens with zero attached hydrogens (tertiary/aromatic N) is 4. The lowest BCUT2D eigenvalue weighted by molar-refractivity contribution is 0.0954. The first-order chi connectivity index (χ1) is 12.2. The second kappa shape index (κ2) is 7.89. The fourth-order valence-corrected chi connectivity index (χ4v) is 3.20. The summed E-state index contributed by atoms with van der Waals surface area (Å²) < 4.78 is 4.20. The zero-order chi connectivity index (χ0) is 17.6. The van der Waals surface area contributed by atoms with Gasteiger partial charge in [-0.2, -0.15) is 9.47 Å². The van der Waals surface area contributed by atoms with Crippen molar-refractivity contribution >= 4 is 22.6 Å². The Bertz CT molecular complexity index is 812. The van der Waals surface area contributed by atoms with Gasteiger partial charge in [0.05, 0.1) is 6.20 Å². The molecule has 130 valence electrons. The molecule has 1 aromatic carbocycles. The number of nitrogens with one attached hydrogen (secondary N) is 2. The van der Waals surface area contributed by atoms with Gasteiger partial charge in [-0.05, 0) is 31.5 Å². The van der Waals surface area contributed by atoms with Gasteiger partial charge in [-0.3, -0.25) is 9.89 Å². The van der Waals surface area contributed by atoms with Crippen molar-refractivity contribution in [1.82, 2.24) is 24.9 Å². The topological polar surface area (TPSA) is 86.8 Å². The second-order valence-electron chi connectivity index (χ2n) is 5.52. The van der Waals surface area contributed by atoms with E-state index in [4.69, 9.17) is 0 Å². The number of anilines is 1. The minimum Gasteiger partial charge on any atom is -0.350 e. The lowest BCUT2D eigenvalue weighted by Crippen LogP contribution is -2.34. The molecule has 0 unspecified atom stereocenters. The number of hydrogen-bond acceptors (Lipinski definition) is 6. The highest BCUT2D eigenvalue weighted by molar-refractivity contribution is 7.09. The molecule has 3 rings (SSSR count). The summed E-state index contributed by atoms with van der Waals surface area (Å²) in [6.45, 7) is 6.01. The minimum atomic E-state index is -0.0803. The Kier molecular flexibility index (Phi) is 5.39. The van der Waals surface area contributed by atoms with Crippen molar-refractivity contribution in [2.75, 3.05) is 24.5 Å². The summed E-state index contributed by atoms with van der Waals surface area (Å²) in [5.41, 5.74) is 2.66. The molecule has 0 aliphatic carbocycles. The average Bonchev–Trinajstić information content (AvgIpc) is 3.30. The number of likely N-dealkylation sites (N-methyl/N-ethyl adjacent to an activating group) is 1. The normalized spacial score (nSPS) is 10.6. The van der Waals surface area contributed by atoms with Crippen LogP contribution in [0.5, 0.6) is 0 Å². The molecule has 0 fully saturated rings. The molecule has 0 spiro atoms. The van der Waals surface area contributed by atoms with Crippen molar-refractivity contribution < 1.29 is 4.79 Å². The SMILES string of the molecule is CCN(CCNC(=O)c1ccc(-c2cn[nH]c2)cc1)c1nc(C)ns1. The molecule has 1 amide bonds. The van der Waals surface area contributed by atoms with Crippen LogP contribution in [-0.2, 0) is 0 Å². The van der Waals surface area contributed by atoms with E-state index in [1.807, 2.05) is 37.4 Å². The third-order valence-electron chi connectivity index (χ3n) is 3.82. The number of benzene rings is 1. The number of amides is 1. The number of aromatic nitrogens is 4. The van der Waals surface area contributed by atoms with Crippen molar-refractivity contribution in [2.24, 2.45) is 0 Å². The smallest absolute Gasteiger partial charge is 0.251 e. The van der Waals surface area contributed by atoms with Crippen LogP contribution in [0.2, 0.25) is 0 Å². The number of aryl methyl sites for hydroxylation is 1. The first-order valence-electron chi connectivity index (χ1n) is 8.10. The van der Waals surface area contributed by atoms with E-state index in [1.165, 1.54) is 11.5 Å². The Morgan fingerprint density at radius 3 is 2.68 bits per heavy atom. The number of carbonyl (C=O) groups is 1. The molecule has 2 aromatic heterocycles. The Labute approximate surface area is 150 Å². The summed E-state index contributed by atoms with van der Waals surface area (Å²) in [6, 6.07) is 7.48. The van der Waals surface area contributed by atoms with Crippen LogP contribution in [0.3, 0.4) is 0 Å². The van der Waals surface area contributed by atoms with Gasteiger partial charge < -0.3 is 10.2 Å². The van der Waals surface area contributed by atoms with Gasteiger partial charge in [-0.15, -0.1) is 0 Å². The molecule has 8 heteroatoms. The zero-order valence-electron chi connectivity index (χ0n) is 14.2. The molecule has 0 atom stereocenters. The van der Waals surface area contributed by atoms with Crippen LogP contribution in [0.15, 0.2) is 36.7 Å². The average molecular weight is 356 g/mol. The van der Waals surface area contributed by atoms with Gasteiger partial charge in [0.2, 0.25) is 5.13 Å². The quantitative estimate of drug-likeness (QED) is 0.679. The number of hydrogen-bond donors (Lipinski definition) is 2.